The minimum Gasteiger partial charge on any atom is -0.369 e. The Bertz CT molecular complexity index is 937. The number of hydrogen-bond acceptors (Lipinski definition) is 3. The summed E-state index contributed by atoms with van der Waals surface area (Å²) in [6.07, 6.45) is 4.63. The zero-order valence-electron chi connectivity index (χ0n) is 14.1. The van der Waals surface area contributed by atoms with Crippen LogP contribution in [-0.4, -0.2) is 20.4 Å². The smallest absolute Gasteiger partial charge is 0.225 e. The summed E-state index contributed by atoms with van der Waals surface area (Å²) in [4.78, 5) is 21.4. The summed E-state index contributed by atoms with van der Waals surface area (Å²) in [6, 6.07) is 8.13. The average Bonchev–Trinajstić information content (AvgIpc) is 2.93. The Hall–Kier alpha value is -2.43. The van der Waals surface area contributed by atoms with E-state index in [2.05, 4.69) is 29.5 Å². The minimum atomic E-state index is -0.421. The molecule has 0 radical (unpaired) electrons. The molecule has 0 spiro atoms. The van der Waals surface area contributed by atoms with E-state index in [1.165, 1.54) is 0 Å². The second-order valence-corrected chi connectivity index (χ2v) is 7.24. The van der Waals surface area contributed by atoms with Crippen molar-refractivity contribution < 1.29 is 4.79 Å². The molecule has 5 nitrogen and oxygen atoms in total. The molecule has 3 aromatic rings. The molecule has 2 heterocycles. The Balaban J connectivity index is 1.96. The Morgan fingerprint density at radius 3 is 2.71 bits per heavy atom. The molecule has 1 aliphatic rings. The van der Waals surface area contributed by atoms with Crippen molar-refractivity contribution in [2.24, 2.45) is 11.1 Å². The SMILES string of the molecule is CC(C)c1nc2ccccc2c2c1ncn2CC1(C(N)=O)CCC1. The van der Waals surface area contributed by atoms with Crippen LogP contribution in [0.25, 0.3) is 21.9 Å². The Kier molecular flexibility index (Phi) is 3.34. The first-order valence-corrected chi connectivity index (χ1v) is 8.55. The largest absolute Gasteiger partial charge is 0.369 e. The van der Waals surface area contributed by atoms with Crippen molar-refractivity contribution in [3.05, 3.63) is 36.3 Å². The first-order chi connectivity index (χ1) is 11.5. The van der Waals surface area contributed by atoms with Crippen LogP contribution in [-0.2, 0) is 11.3 Å². The number of nitrogens with zero attached hydrogens (tertiary/aromatic N) is 3. The highest BCUT2D eigenvalue weighted by Crippen LogP contribution is 2.43. The maximum Gasteiger partial charge on any atom is 0.225 e. The molecular formula is C19H22N4O. The van der Waals surface area contributed by atoms with Gasteiger partial charge in [0, 0.05) is 11.9 Å². The molecule has 0 aliphatic heterocycles. The van der Waals surface area contributed by atoms with Gasteiger partial charge in [0.1, 0.15) is 5.52 Å². The van der Waals surface area contributed by atoms with Crippen molar-refractivity contribution in [2.75, 3.05) is 0 Å². The number of pyridine rings is 1. The predicted molar refractivity (Wildman–Crippen MR) is 94.6 cm³/mol. The topological polar surface area (TPSA) is 73.8 Å². The van der Waals surface area contributed by atoms with Gasteiger partial charge in [0.05, 0.1) is 28.5 Å². The summed E-state index contributed by atoms with van der Waals surface area (Å²) >= 11 is 0. The van der Waals surface area contributed by atoms with Crippen LogP contribution < -0.4 is 5.73 Å². The standard InChI is InChI=1S/C19H22N4O/c1-12(2)15-16-17(13-6-3-4-7-14(13)22-15)23(11-21-16)10-19(18(20)24)8-5-9-19/h3-4,6-7,11-12H,5,8-10H2,1-2H3,(H2,20,24). The van der Waals surface area contributed by atoms with E-state index >= 15 is 0 Å². The number of aromatic nitrogens is 3. The number of para-hydroxylation sites is 1. The van der Waals surface area contributed by atoms with Crippen molar-refractivity contribution >= 4 is 27.8 Å². The molecule has 5 heteroatoms. The molecule has 1 aromatic carbocycles. The molecule has 24 heavy (non-hydrogen) atoms. The number of rotatable bonds is 4. The van der Waals surface area contributed by atoms with Gasteiger partial charge in [-0.25, -0.2) is 4.98 Å². The van der Waals surface area contributed by atoms with Crippen molar-refractivity contribution in [3.8, 4) is 0 Å². The monoisotopic (exact) mass is 322 g/mol. The normalized spacial score (nSPS) is 16.6. The summed E-state index contributed by atoms with van der Waals surface area (Å²) in [7, 11) is 0. The van der Waals surface area contributed by atoms with E-state index in [0.717, 1.165) is 46.9 Å². The number of hydrogen-bond donors (Lipinski definition) is 1. The quantitative estimate of drug-likeness (QED) is 0.800. The lowest BCUT2D eigenvalue weighted by Gasteiger charge is -2.39. The van der Waals surface area contributed by atoms with Gasteiger partial charge < -0.3 is 10.3 Å². The van der Waals surface area contributed by atoms with Crippen molar-refractivity contribution in [1.29, 1.82) is 0 Å². The molecule has 4 rings (SSSR count). The van der Waals surface area contributed by atoms with Gasteiger partial charge in [0.15, 0.2) is 0 Å². The Morgan fingerprint density at radius 2 is 2.08 bits per heavy atom. The molecule has 0 bridgehead atoms. The molecule has 1 saturated carbocycles. The third-order valence-corrected chi connectivity index (χ3v) is 5.33. The maximum atomic E-state index is 12.0. The summed E-state index contributed by atoms with van der Waals surface area (Å²) in [5.74, 6) is 0.0901. The van der Waals surface area contributed by atoms with Gasteiger partial charge in [0.2, 0.25) is 5.91 Å². The molecule has 2 N–H and O–H groups in total. The van der Waals surface area contributed by atoms with E-state index in [4.69, 9.17) is 10.7 Å². The van der Waals surface area contributed by atoms with Crippen LogP contribution in [0.4, 0.5) is 0 Å². The number of amides is 1. The number of imidazole rings is 1. The van der Waals surface area contributed by atoms with E-state index < -0.39 is 5.41 Å². The fourth-order valence-corrected chi connectivity index (χ4v) is 3.74. The van der Waals surface area contributed by atoms with Crippen LogP contribution in [0.15, 0.2) is 30.6 Å². The highest BCUT2D eigenvalue weighted by atomic mass is 16.1. The van der Waals surface area contributed by atoms with Crippen LogP contribution >= 0.6 is 0 Å². The molecule has 1 aliphatic carbocycles. The second-order valence-electron chi connectivity index (χ2n) is 7.24. The van der Waals surface area contributed by atoms with Crippen molar-refractivity contribution in [3.63, 3.8) is 0 Å². The van der Waals surface area contributed by atoms with E-state index in [-0.39, 0.29) is 11.8 Å². The first kappa shape index (κ1) is 15.1. The average molecular weight is 322 g/mol. The summed E-state index contributed by atoms with van der Waals surface area (Å²) in [5, 5.41) is 1.08. The van der Waals surface area contributed by atoms with E-state index in [9.17, 15) is 4.79 Å². The highest BCUT2D eigenvalue weighted by molar-refractivity contribution is 6.03. The summed E-state index contributed by atoms with van der Waals surface area (Å²) in [6.45, 7) is 4.86. The molecule has 124 valence electrons. The summed E-state index contributed by atoms with van der Waals surface area (Å²) < 4.78 is 2.11. The number of primary amides is 1. The zero-order valence-corrected chi connectivity index (χ0v) is 14.1. The molecule has 1 fully saturated rings. The number of carbonyl (C=O) groups excluding carboxylic acids is 1. The molecule has 2 aromatic heterocycles. The highest BCUT2D eigenvalue weighted by Gasteiger charge is 2.43. The molecule has 1 amide bonds. The minimum absolute atomic E-state index is 0.196. The number of carbonyl (C=O) groups is 1. The molecule has 0 atom stereocenters. The fourth-order valence-electron chi connectivity index (χ4n) is 3.74. The van der Waals surface area contributed by atoms with Gasteiger partial charge in [-0.3, -0.25) is 9.78 Å². The van der Waals surface area contributed by atoms with Gasteiger partial charge in [-0.1, -0.05) is 38.5 Å². The first-order valence-electron chi connectivity index (χ1n) is 8.55. The van der Waals surface area contributed by atoms with Crippen LogP contribution in [0, 0.1) is 5.41 Å². The lowest BCUT2D eigenvalue weighted by atomic mass is 9.68. The van der Waals surface area contributed by atoms with Gasteiger partial charge in [0.25, 0.3) is 0 Å². The number of nitrogens with two attached hydrogens (primary N) is 1. The van der Waals surface area contributed by atoms with E-state index in [1.807, 2.05) is 24.5 Å². The lowest BCUT2D eigenvalue weighted by molar-refractivity contribution is -0.133. The second kappa shape index (κ2) is 5.30. The van der Waals surface area contributed by atoms with E-state index in [1.54, 1.807) is 0 Å². The van der Waals surface area contributed by atoms with Gasteiger partial charge in [-0.05, 0) is 24.8 Å². The molecule has 0 saturated heterocycles. The van der Waals surface area contributed by atoms with Crippen LogP contribution in [0.5, 0.6) is 0 Å². The van der Waals surface area contributed by atoms with Gasteiger partial charge in [-0.15, -0.1) is 0 Å². The zero-order chi connectivity index (χ0) is 16.9. The Morgan fingerprint density at radius 1 is 1.33 bits per heavy atom. The summed E-state index contributed by atoms with van der Waals surface area (Å²) in [5.41, 5.74) is 9.25. The van der Waals surface area contributed by atoms with E-state index in [0.29, 0.717) is 6.54 Å². The molecule has 0 unspecified atom stereocenters. The van der Waals surface area contributed by atoms with Crippen LogP contribution in [0.3, 0.4) is 0 Å². The molecular weight excluding hydrogens is 300 g/mol. The van der Waals surface area contributed by atoms with Crippen LogP contribution in [0.1, 0.15) is 44.7 Å². The number of fused-ring (bicyclic) bond motifs is 3. The van der Waals surface area contributed by atoms with Gasteiger partial charge in [-0.2, -0.15) is 0 Å². The predicted octanol–water partition coefficient (Wildman–Crippen LogP) is 3.36. The number of benzene rings is 1. The fraction of sp³-hybridized carbons (Fsp3) is 0.421. The third-order valence-electron chi connectivity index (χ3n) is 5.33. The van der Waals surface area contributed by atoms with Crippen LogP contribution in [0.2, 0.25) is 0 Å². The third kappa shape index (κ3) is 2.11. The van der Waals surface area contributed by atoms with Crippen molar-refractivity contribution in [2.45, 2.75) is 45.6 Å². The van der Waals surface area contributed by atoms with Gasteiger partial charge >= 0.3 is 0 Å². The lowest BCUT2D eigenvalue weighted by Crippen LogP contribution is -2.45. The Labute approximate surface area is 140 Å². The maximum absolute atomic E-state index is 12.0. The van der Waals surface area contributed by atoms with Crippen molar-refractivity contribution in [1.82, 2.24) is 14.5 Å².